The van der Waals surface area contributed by atoms with E-state index in [0.29, 0.717) is 35.2 Å². The lowest BCUT2D eigenvalue weighted by Crippen LogP contribution is -2.36. The van der Waals surface area contributed by atoms with Crippen molar-refractivity contribution in [2.24, 2.45) is 0 Å². The van der Waals surface area contributed by atoms with Crippen LogP contribution in [-0.4, -0.2) is 49.6 Å². The molecule has 0 aliphatic carbocycles. The van der Waals surface area contributed by atoms with Gasteiger partial charge in [0, 0.05) is 35.9 Å². The Morgan fingerprint density at radius 2 is 1.86 bits per heavy atom. The number of carbonyl (C=O) groups excluding carboxylic acids is 1. The van der Waals surface area contributed by atoms with Gasteiger partial charge in [0.2, 0.25) is 0 Å². The van der Waals surface area contributed by atoms with Crippen LogP contribution in [0.2, 0.25) is 5.02 Å². The van der Waals surface area contributed by atoms with Crippen LogP contribution in [0.25, 0.3) is 11.2 Å². The van der Waals surface area contributed by atoms with E-state index in [-0.39, 0.29) is 17.5 Å². The number of nitrogens with one attached hydrogen (secondary N) is 1. The fourth-order valence-corrected chi connectivity index (χ4v) is 4.68. The molecule has 1 amide bonds. The monoisotopic (exact) mass is 490 g/mol. The van der Waals surface area contributed by atoms with Gasteiger partial charge in [0.05, 0.1) is 11.9 Å². The van der Waals surface area contributed by atoms with E-state index in [1.807, 2.05) is 24.0 Å². The van der Waals surface area contributed by atoms with Gasteiger partial charge in [0.25, 0.3) is 5.91 Å². The fourth-order valence-electron chi connectivity index (χ4n) is 4.56. The molecule has 4 heterocycles. The highest BCUT2D eigenvalue weighted by molar-refractivity contribution is 6.30. The maximum absolute atomic E-state index is 12.5. The minimum absolute atomic E-state index is 0.0447. The van der Waals surface area contributed by atoms with E-state index in [1.165, 1.54) is 12.3 Å². The quantitative estimate of drug-likeness (QED) is 0.421. The molecule has 1 aliphatic heterocycles. The molecule has 2 N–H and O–H groups in total. The molecule has 10 heteroatoms. The van der Waals surface area contributed by atoms with Crippen molar-refractivity contribution in [3.63, 3.8) is 0 Å². The first-order valence-corrected chi connectivity index (χ1v) is 11.6. The smallest absolute Gasteiger partial charge is 0.339 e. The second-order valence-electron chi connectivity index (χ2n) is 8.45. The fraction of sp³-hybridized carbons (Fsp3) is 0.240. The highest BCUT2D eigenvalue weighted by Gasteiger charge is 2.27. The molecule has 0 atom stereocenters. The number of halogens is 1. The van der Waals surface area contributed by atoms with E-state index in [1.54, 1.807) is 30.5 Å². The number of pyridine rings is 2. The molecule has 0 saturated carbocycles. The zero-order chi connectivity index (χ0) is 24.5. The number of carbonyl (C=O) groups is 2. The van der Waals surface area contributed by atoms with Gasteiger partial charge in [-0.25, -0.2) is 19.7 Å². The Morgan fingerprint density at radius 1 is 1.11 bits per heavy atom. The Kier molecular flexibility index (Phi) is 6.08. The second-order valence-corrected chi connectivity index (χ2v) is 8.89. The van der Waals surface area contributed by atoms with Gasteiger partial charge in [0.15, 0.2) is 5.65 Å². The van der Waals surface area contributed by atoms with E-state index >= 15 is 0 Å². The van der Waals surface area contributed by atoms with Crippen LogP contribution in [0.1, 0.15) is 45.4 Å². The number of aromatic nitrogens is 4. The predicted octanol–water partition coefficient (Wildman–Crippen LogP) is 4.58. The van der Waals surface area contributed by atoms with E-state index < -0.39 is 5.97 Å². The van der Waals surface area contributed by atoms with Crippen LogP contribution in [0.5, 0.6) is 0 Å². The molecule has 1 aliphatic rings. The SMILES string of the molecule is Cc1nc2cccnc2n1C1CCN(c2ncc(NC(=O)c3ccc(Cl)cc3)cc2C(=O)O)CC1. The van der Waals surface area contributed by atoms with Crippen LogP contribution in [0, 0.1) is 6.92 Å². The van der Waals surface area contributed by atoms with Crippen molar-refractivity contribution in [2.45, 2.75) is 25.8 Å². The van der Waals surface area contributed by atoms with Gasteiger partial charge in [-0.2, -0.15) is 0 Å². The van der Waals surface area contributed by atoms with Crippen molar-refractivity contribution < 1.29 is 14.7 Å². The van der Waals surface area contributed by atoms with Gasteiger partial charge in [-0.3, -0.25) is 4.79 Å². The first-order valence-electron chi connectivity index (χ1n) is 11.3. The molecule has 35 heavy (non-hydrogen) atoms. The first-order chi connectivity index (χ1) is 16.9. The van der Waals surface area contributed by atoms with E-state index in [9.17, 15) is 14.7 Å². The number of rotatable bonds is 5. The highest BCUT2D eigenvalue weighted by Crippen LogP contribution is 2.31. The maximum Gasteiger partial charge on any atom is 0.339 e. The molecule has 0 bridgehead atoms. The summed E-state index contributed by atoms with van der Waals surface area (Å²) in [6.07, 6.45) is 4.86. The lowest BCUT2D eigenvalue weighted by molar-refractivity contribution is 0.0696. The third-order valence-corrected chi connectivity index (χ3v) is 6.47. The van der Waals surface area contributed by atoms with Crippen molar-refractivity contribution in [2.75, 3.05) is 23.3 Å². The van der Waals surface area contributed by atoms with Crippen LogP contribution >= 0.6 is 11.6 Å². The Balaban J connectivity index is 1.33. The highest BCUT2D eigenvalue weighted by atomic mass is 35.5. The molecule has 0 spiro atoms. The Morgan fingerprint density at radius 3 is 2.57 bits per heavy atom. The Hall–Kier alpha value is -3.98. The third-order valence-electron chi connectivity index (χ3n) is 6.22. The summed E-state index contributed by atoms with van der Waals surface area (Å²) in [5.74, 6) is -0.157. The Bertz CT molecular complexity index is 1410. The van der Waals surface area contributed by atoms with Crippen molar-refractivity contribution in [1.29, 1.82) is 0 Å². The van der Waals surface area contributed by atoms with E-state index in [0.717, 1.165) is 29.8 Å². The lowest BCUT2D eigenvalue weighted by Gasteiger charge is -2.34. The van der Waals surface area contributed by atoms with Crippen LogP contribution in [0.4, 0.5) is 11.5 Å². The molecule has 5 rings (SSSR count). The van der Waals surface area contributed by atoms with E-state index in [4.69, 9.17) is 11.6 Å². The van der Waals surface area contributed by atoms with Crippen LogP contribution < -0.4 is 10.2 Å². The molecule has 4 aromatic rings. The van der Waals surface area contributed by atoms with Gasteiger partial charge in [-0.15, -0.1) is 0 Å². The summed E-state index contributed by atoms with van der Waals surface area (Å²) in [6, 6.07) is 11.9. The molecule has 0 radical (unpaired) electrons. The largest absolute Gasteiger partial charge is 0.478 e. The van der Waals surface area contributed by atoms with Gasteiger partial charge >= 0.3 is 5.97 Å². The number of hydrogen-bond donors (Lipinski definition) is 2. The third kappa shape index (κ3) is 4.54. The number of amides is 1. The molecule has 0 unspecified atom stereocenters. The van der Waals surface area contributed by atoms with Crippen molar-refractivity contribution in [3.05, 3.63) is 76.8 Å². The molecular weight excluding hydrogens is 468 g/mol. The zero-order valence-corrected chi connectivity index (χ0v) is 19.7. The van der Waals surface area contributed by atoms with Gasteiger partial charge < -0.3 is 19.9 Å². The summed E-state index contributed by atoms with van der Waals surface area (Å²) in [5.41, 5.74) is 2.51. The average molecular weight is 491 g/mol. The molecule has 1 aromatic carbocycles. The predicted molar refractivity (Wildman–Crippen MR) is 133 cm³/mol. The number of aromatic carboxylic acids is 1. The number of carboxylic acids is 1. The molecule has 9 nitrogen and oxygen atoms in total. The summed E-state index contributed by atoms with van der Waals surface area (Å²) < 4.78 is 2.17. The van der Waals surface area contributed by atoms with Crippen LogP contribution in [-0.2, 0) is 0 Å². The summed E-state index contributed by atoms with van der Waals surface area (Å²) in [5, 5.41) is 13.1. The number of aryl methyl sites for hydroxylation is 1. The summed E-state index contributed by atoms with van der Waals surface area (Å²) in [6.45, 7) is 3.26. The van der Waals surface area contributed by atoms with Gasteiger partial charge in [-0.1, -0.05) is 11.6 Å². The minimum atomic E-state index is -1.10. The van der Waals surface area contributed by atoms with Crippen molar-refractivity contribution in [1.82, 2.24) is 19.5 Å². The summed E-state index contributed by atoms with van der Waals surface area (Å²) >= 11 is 5.88. The molecule has 3 aromatic heterocycles. The van der Waals surface area contributed by atoms with E-state index in [2.05, 4.69) is 24.8 Å². The van der Waals surface area contributed by atoms with Crippen molar-refractivity contribution >= 4 is 46.1 Å². The molecular formula is C25H23ClN6O3. The zero-order valence-electron chi connectivity index (χ0n) is 19.0. The maximum atomic E-state index is 12.5. The number of anilines is 2. The summed E-state index contributed by atoms with van der Waals surface area (Å²) in [4.78, 5) is 40.1. The second kappa shape index (κ2) is 9.34. The number of carboxylic acid groups (broad SMARTS) is 1. The van der Waals surface area contributed by atoms with Crippen molar-refractivity contribution in [3.8, 4) is 0 Å². The van der Waals surface area contributed by atoms with Gasteiger partial charge in [-0.05, 0) is 62.2 Å². The number of hydrogen-bond acceptors (Lipinski definition) is 6. The molecule has 178 valence electrons. The normalized spacial score (nSPS) is 14.3. The first kappa shape index (κ1) is 22.8. The number of imidazole rings is 1. The summed E-state index contributed by atoms with van der Waals surface area (Å²) in [7, 11) is 0. The number of fused-ring (bicyclic) bond motifs is 1. The molecule has 1 fully saturated rings. The standard InChI is InChI=1S/C25H23ClN6O3/c1-15-29-21-3-2-10-27-23(21)32(15)19-8-11-31(12-9-19)22-20(25(34)35)13-18(14-28-22)30-24(33)16-4-6-17(26)7-5-16/h2-7,10,13-14,19H,8-9,11-12H2,1H3,(H,30,33)(H,34,35). The number of piperidine rings is 1. The minimum Gasteiger partial charge on any atom is -0.478 e. The molecule has 1 saturated heterocycles. The van der Waals surface area contributed by atoms with Gasteiger partial charge in [0.1, 0.15) is 22.7 Å². The van der Waals surface area contributed by atoms with Crippen LogP contribution in [0.15, 0.2) is 54.9 Å². The number of benzene rings is 1. The average Bonchev–Trinajstić information content (AvgIpc) is 3.20. The lowest BCUT2D eigenvalue weighted by atomic mass is 10.0. The Labute approximate surface area is 206 Å². The van der Waals surface area contributed by atoms with Crippen LogP contribution in [0.3, 0.4) is 0 Å². The topological polar surface area (TPSA) is 113 Å². The number of nitrogens with zero attached hydrogens (tertiary/aromatic N) is 5.